The van der Waals surface area contributed by atoms with Crippen molar-refractivity contribution in [1.82, 2.24) is 14.7 Å². The van der Waals surface area contributed by atoms with E-state index in [-0.39, 0.29) is 0 Å². The van der Waals surface area contributed by atoms with Gasteiger partial charge in [0.2, 0.25) is 0 Å². The monoisotopic (exact) mass is 323 g/mol. The van der Waals surface area contributed by atoms with E-state index in [9.17, 15) is 4.21 Å². The number of nitrogens with zero attached hydrogens (tertiary/aromatic N) is 3. The Balaban J connectivity index is 1.58. The fraction of sp³-hybridized carbons (Fsp3) is 0.647. The summed E-state index contributed by atoms with van der Waals surface area (Å²) in [6.07, 6.45) is 1.19. The highest BCUT2D eigenvalue weighted by atomic mass is 32.2. The lowest BCUT2D eigenvalue weighted by atomic mass is 10.3. The van der Waals surface area contributed by atoms with Crippen LogP contribution in [0.4, 0.5) is 0 Å². The maximum atomic E-state index is 12.2. The highest BCUT2D eigenvalue weighted by molar-refractivity contribution is 7.85. The minimum Gasteiger partial charge on any atom is -0.305 e. The smallest absolute Gasteiger partial charge is 0.0542 e. The normalized spacial score (nSPS) is 18.7. The molecule has 0 radical (unpaired) electrons. The van der Waals surface area contributed by atoms with Crippen LogP contribution in [0.1, 0.15) is 6.42 Å². The number of likely N-dealkylation sites (N-methyl/N-ethyl adjacent to an activating group) is 1. The number of benzene rings is 1. The second-order valence-corrected chi connectivity index (χ2v) is 7.74. The first-order chi connectivity index (χ1) is 10.6. The molecule has 0 spiro atoms. The largest absolute Gasteiger partial charge is 0.305 e. The average Bonchev–Trinajstić information content (AvgIpc) is 2.55. The van der Waals surface area contributed by atoms with Crippen molar-refractivity contribution in [2.45, 2.75) is 11.3 Å². The predicted molar refractivity (Wildman–Crippen MR) is 93.8 cm³/mol. The molecule has 22 heavy (non-hydrogen) atoms. The second-order valence-electron chi connectivity index (χ2n) is 6.16. The first kappa shape index (κ1) is 17.6. The molecule has 1 aliphatic heterocycles. The molecule has 1 aromatic rings. The maximum Gasteiger partial charge on any atom is 0.0542 e. The third-order valence-electron chi connectivity index (χ3n) is 4.27. The summed E-state index contributed by atoms with van der Waals surface area (Å²) in [6, 6.07) is 9.76. The summed E-state index contributed by atoms with van der Waals surface area (Å²) in [5.74, 6) is 0.717. The van der Waals surface area contributed by atoms with Gasteiger partial charge in [-0.25, -0.2) is 0 Å². The van der Waals surface area contributed by atoms with E-state index in [2.05, 4.69) is 28.8 Å². The van der Waals surface area contributed by atoms with Crippen molar-refractivity contribution in [1.29, 1.82) is 0 Å². The van der Waals surface area contributed by atoms with E-state index in [4.69, 9.17) is 0 Å². The van der Waals surface area contributed by atoms with Gasteiger partial charge in [0.25, 0.3) is 0 Å². The summed E-state index contributed by atoms with van der Waals surface area (Å²) in [7, 11) is 3.45. The Labute approximate surface area is 137 Å². The van der Waals surface area contributed by atoms with E-state index in [1.807, 2.05) is 30.3 Å². The van der Waals surface area contributed by atoms with E-state index in [1.54, 1.807) is 0 Å². The van der Waals surface area contributed by atoms with Gasteiger partial charge in [-0.05, 0) is 45.7 Å². The first-order valence-corrected chi connectivity index (χ1v) is 9.50. The van der Waals surface area contributed by atoms with Gasteiger partial charge in [-0.1, -0.05) is 18.2 Å². The molecule has 0 saturated carbocycles. The van der Waals surface area contributed by atoms with Crippen LogP contribution in [-0.2, 0) is 10.8 Å². The zero-order valence-electron chi connectivity index (χ0n) is 13.9. The van der Waals surface area contributed by atoms with E-state index in [0.29, 0.717) is 0 Å². The minimum absolute atomic E-state index is 0.717. The molecular formula is C17H29N3OS. The summed E-state index contributed by atoms with van der Waals surface area (Å²) in [5, 5.41) is 0. The Hall–Kier alpha value is -0.750. The highest BCUT2D eigenvalue weighted by Crippen LogP contribution is 2.06. The lowest BCUT2D eigenvalue weighted by Crippen LogP contribution is -2.45. The van der Waals surface area contributed by atoms with Crippen LogP contribution in [0.25, 0.3) is 0 Å². The topological polar surface area (TPSA) is 26.8 Å². The Kier molecular flexibility index (Phi) is 7.52. The standard InChI is InChI=1S/C17H29N3OS/c1-18(9-6-10-20-13-11-19(2)12-14-20)15-16-22(21)17-7-4-3-5-8-17/h3-5,7-8H,6,9-16H2,1-2H3. The van der Waals surface area contributed by atoms with Crippen molar-refractivity contribution in [2.24, 2.45) is 0 Å². The summed E-state index contributed by atoms with van der Waals surface area (Å²) in [4.78, 5) is 8.18. The van der Waals surface area contributed by atoms with Crippen LogP contribution in [0.5, 0.6) is 0 Å². The second kappa shape index (κ2) is 9.40. The summed E-state index contributed by atoms with van der Waals surface area (Å²) < 4.78 is 12.2. The van der Waals surface area contributed by atoms with Gasteiger partial charge < -0.3 is 14.7 Å². The van der Waals surface area contributed by atoms with Crippen LogP contribution < -0.4 is 0 Å². The molecule has 2 rings (SSSR count). The van der Waals surface area contributed by atoms with Gasteiger partial charge in [0, 0.05) is 43.4 Å². The maximum absolute atomic E-state index is 12.2. The zero-order valence-corrected chi connectivity index (χ0v) is 14.7. The van der Waals surface area contributed by atoms with Crippen molar-refractivity contribution >= 4 is 10.8 Å². The molecule has 0 aliphatic carbocycles. The van der Waals surface area contributed by atoms with Crippen LogP contribution in [0.2, 0.25) is 0 Å². The molecule has 1 fully saturated rings. The van der Waals surface area contributed by atoms with E-state index < -0.39 is 10.8 Å². The third-order valence-corrected chi connectivity index (χ3v) is 5.63. The first-order valence-electron chi connectivity index (χ1n) is 8.18. The minimum atomic E-state index is -0.875. The summed E-state index contributed by atoms with van der Waals surface area (Å²) in [5.41, 5.74) is 0. The van der Waals surface area contributed by atoms with Gasteiger partial charge in [0.05, 0.1) is 10.8 Å². The molecule has 1 atom stereocenters. The number of hydrogen-bond donors (Lipinski definition) is 0. The lowest BCUT2D eigenvalue weighted by Gasteiger charge is -2.32. The zero-order chi connectivity index (χ0) is 15.8. The van der Waals surface area contributed by atoms with Crippen LogP contribution in [0.15, 0.2) is 35.2 Å². The average molecular weight is 324 g/mol. The molecule has 1 aliphatic rings. The van der Waals surface area contributed by atoms with Crippen molar-refractivity contribution in [3.8, 4) is 0 Å². The van der Waals surface area contributed by atoms with Crippen molar-refractivity contribution in [3.05, 3.63) is 30.3 Å². The van der Waals surface area contributed by atoms with Crippen molar-refractivity contribution in [2.75, 3.05) is 65.7 Å². The van der Waals surface area contributed by atoms with Crippen molar-refractivity contribution in [3.63, 3.8) is 0 Å². The van der Waals surface area contributed by atoms with Crippen LogP contribution in [0.3, 0.4) is 0 Å². The molecule has 0 N–H and O–H groups in total. The van der Waals surface area contributed by atoms with Gasteiger partial charge in [-0.2, -0.15) is 0 Å². The quantitative estimate of drug-likeness (QED) is 0.722. The summed E-state index contributed by atoms with van der Waals surface area (Å²) in [6.45, 7) is 7.91. The van der Waals surface area contributed by atoms with Gasteiger partial charge in [-0.15, -0.1) is 0 Å². The Morgan fingerprint density at radius 3 is 2.45 bits per heavy atom. The fourth-order valence-electron chi connectivity index (χ4n) is 2.68. The van der Waals surface area contributed by atoms with Crippen LogP contribution >= 0.6 is 0 Å². The number of hydrogen-bond acceptors (Lipinski definition) is 4. The highest BCUT2D eigenvalue weighted by Gasteiger charge is 2.13. The third kappa shape index (κ3) is 6.16. The molecule has 4 nitrogen and oxygen atoms in total. The Bertz CT molecular complexity index is 446. The Morgan fingerprint density at radius 2 is 1.77 bits per heavy atom. The predicted octanol–water partition coefficient (Wildman–Crippen LogP) is 1.36. The summed E-state index contributed by atoms with van der Waals surface area (Å²) >= 11 is 0. The van der Waals surface area contributed by atoms with E-state index in [0.717, 1.165) is 23.7 Å². The molecule has 0 amide bonds. The van der Waals surface area contributed by atoms with Gasteiger partial charge in [-0.3, -0.25) is 4.21 Å². The van der Waals surface area contributed by atoms with Crippen molar-refractivity contribution < 1.29 is 4.21 Å². The van der Waals surface area contributed by atoms with Crippen LogP contribution in [-0.4, -0.2) is 84.6 Å². The number of rotatable bonds is 8. The van der Waals surface area contributed by atoms with Gasteiger partial charge >= 0.3 is 0 Å². The number of piperazine rings is 1. The molecule has 0 bridgehead atoms. The molecule has 5 heteroatoms. The van der Waals surface area contributed by atoms with E-state index >= 15 is 0 Å². The molecule has 124 valence electrons. The van der Waals surface area contributed by atoms with Gasteiger partial charge in [0.1, 0.15) is 0 Å². The van der Waals surface area contributed by atoms with Gasteiger partial charge in [0.15, 0.2) is 0 Å². The Morgan fingerprint density at radius 1 is 1.09 bits per heavy atom. The SMILES string of the molecule is CN1CCN(CCCN(C)CCS(=O)c2ccccc2)CC1. The lowest BCUT2D eigenvalue weighted by molar-refractivity contribution is 0.148. The molecule has 1 aromatic carbocycles. The molecular weight excluding hydrogens is 294 g/mol. The molecule has 1 heterocycles. The molecule has 1 saturated heterocycles. The van der Waals surface area contributed by atoms with Crippen LogP contribution in [0, 0.1) is 0 Å². The molecule has 1 unspecified atom stereocenters. The molecule has 0 aromatic heterocycles. The van der Waals surface area contributed by atoms with E-state index in [1.165, 1.54) is 39.1 Å². The fourth-order valence-corrected chi connectivity index (χ4v) is 3.85.